The predicted molar refractivity (Wildman–Crippen MR) is 154 cm³/mol. The molecule has 0 aromatic heterocycles. The minimum absolute atomic E-state index is 0.00515. The van der Waals surface area contributed by atoms with Gasteiger partial charge in [0.2, 0.25) is 0 Å². The Balaban J connectivity index is 1.43. The largest absolute Gasteiger partial charge is 0.388 e. The Hall–Kier alpha value is -3.43. The molecule has 4 rings (SSSR count). The van der Waals surface area contributed by atoms with Crippen LogP contribution < -0.4 is 0 Å². The summed E-state index contributed by atoms with van der Waals surface area (Å²) in [5, 5.41) is 22.7. The van der Waals surface area contributed by atoms with Crippen LogP contribution in [0.25, 0.3) is 0 Å². The number of ether oxygens (including phenoxy) is 4. The molecule has 0 aliphatic heterocycles. The molecule has 0 unspecified atom stereocenters. The molecule has 0 saturated heterocycles. The van der Waals surface area contributed by atoms with Crippen LogP contribution in [0.4, 0.5) is 4.39 Å². The third kappa shape index (κ3) is 10.2. The molecule has 0 aliphatic rings. The molecule has 0 radical (unpaired) electrons. The Bertz CT molecular complexity index is 1260. The molecule has 4 atom stereocenters. The number of hydrogen-bond acceptors (Lipinski definition) is 6. The molecule has 0 fully saturated rings. The highest BCUT2D eigenvalue weighted by Gasteiger charge is 2.34. The van der Waals surface area contributed by atoms with Crippen molar-refractivity contribution in [3.63, 3.8) is 0 Å². The van der Waals surface area contributed by atoms with Crippen molar-refractivity contribution >= 4 is 0 Å². The summed E-state index contributed by atoms with van der Waals surface area (Å²) < 4.78 is 37.9. The van der Waals surface area contributed by atoms with E-state index in [1.165, 1.54) is 6.07 Å². The van der Waals surface area contributed by atoms with E-state index in [0.29, 0.717) is 12.2 Å². The Morgan fingerprint density at radius 1 is 0.488 bits per heavy atom. The zero-order valence-corrected chi connectivity index (χ0v) is 22.9. The second-order valence-electron chi connectivity index (χ2n) is 9.76. The molecule has 0 bridgehead atoms. The fourth-order valence-corrected chi connectivity index (χ4v) is 4.25. The van der Waals surface area contributed by atoms with Crippen LogP contribution in [-0.4, -0.2) is 47.8 Å². The van der Waals surface area contributed by atoms with Crippen molar-refractivity contribution in [1.82, 2.24) is 0 Å². The Morgan fingerprint density at radius 2 is 0.878 bits per heavy atom. The number of hydrogen-bond donors (Lipinski definition) is 2. The molecule has 2 N–H and O–H groups in total. The maximum atomic E-state index is 14.1. The number of rotatable bonds is 17. The Morgan fingerprint density at radius 3 is 1.34 bits per heavy atom. The van der Waals surface area contributed by atoms with Crippen molar-refractivity contribution in [2.24, 2.45) is 0 Å². The van der Waals surface area contributed by atoms with E-state index in [4.69, 9.17) is 18.9 Å². The van der Waals surface area contributed by atoms with Gasteiger partial charge in [-0.3, -0.25) is 0 Å². The maximum absolute atomic E-state index is 14.1. The molecule has 7 heteroatoms. The normalized spacial score (nSPS) is 14.3. The van der Waals surface area contributed by atoms with Gasteiger partial charge < -0.3 is 29.2 Å². The smallest absolute Gasteiger partial charge is 0.128 e. The molecule has 6 nitrogen and oxygen atoms in total. The van der Waals surface area contributed by atoms with Gasteiger partial charge in [0, 0.05) is 5.56 Å². The Kier molecular flexibility index (Phi) is 12.5. The van der Waals surface area contributed by atoms with Crippen LogP contribution >= 0.6 is 0 Å². The minimum Gasteiger partial charge on any atom is -0.388 e. The first-order valence-corrected chi connectivity index (χ1v) is 13.7. The SMILES string of the molecule is O[C@@H]([C@H](O)[C@@H](COCc1ccccc1F)OCc1ccccc1)[C@@H](COCc1ccccc1)OCc1ccccc1. The molecule has 41 heavy (non-hydrogen) atoms. The van der Waals surface area contributed by atoms with E-state index in [0.717, 1.165) is 16.7 Å². The quantitative estimate of drug-likeness (QED) is 0.179. The number of halogens is 1. The topological polar surface area (TPSA) is 77.4 Å². The van der Waals surface area contributed by atoms with Crippen molar-refractivity contribution in [3.05, 3.63) is 143 Å². The lowest BCUT2D eigenvalue weighted by Gasteiger charge is -2.32. The summed E-state index contributed by atoms with van der Waals surface area (Å²) >= 11 is 0. The minimum atomic E-state index is -1.37. The first-order valence-electron chi connectivity index (χ1n) is 13.7. The maximum Gasteiger partial charge on any atom is 0.128 e. The molecule has 4 aromatic carbocycles. The van der Waals surface area contributed by atoms with E-state index in [1.807, 2.05) is 91.0 Å². The van der Waals surface area contributed by atoms with Crippen molar-refractivity contribution < 1.29 is 33.6 Å². The molecule has 0 amide bonds. The van der Waals surface area contributed by atoms with Crippen LogP contribution in [0, 0.1) is 5.82 Å². The van der Waals surface area contributed by atoms with Gasteiger partial charge in [0.15, 0.2) is 0 Å². The van der Waals surface area contributed by atoms with E-state index < -0.39 is 24.4 Å². The van der Waals surface area contributed by atoms with E-state index >= 15 is 0 Å². The van der Waals surface area contributed by atoms with Crippen LogP contribution in [0.3, 0.4) is 0 Å². The fraction of sp³-hybridized carbons (Fsp3) is 0.294. The van der Waals surface area contributed by atoms with Gasteiger partial charge >= 0.3 is 0 Å². The van der Waals surface area contributed by atoms with Gasteiger partial charge in [-0.15, -0.1) is 0 Å². The zero-order chi connectivity index (χ0) is 28.7. The first-order chi connectivity index (χ1) is 20.1. The summed E-state index contributed by atoms with van der Waals surface area (Å²) in [6.07, 6.45) is -4.51. The second kappa shape index (κ2) is 16.7. The summed E-state index contributed by atoms with van der Waals surface area (Å²) in [6.45, 7) is 0.710. The lowest BCUT2D eigenvalue weighted by atomic mass is 10.0. The van der Waals surface area contributed by atoms with Gasteiger partial charge in [-0.05, 0) is 22.8 Å². The summed E-state index contributed by atoms with van der Waals surface area (Å²) in [6, 6.07) is 35.1. The molecule has 0 aliphatic carbocycles. The van der Waals surface area contributed by atoms with Crippen LogP contribution in [0.5, 0.6) is 0 Å². The number of aliphatic hydroxyl groups is 2. The van der Waals surface area contributed by atoms with E-state index in [9.17, 15) is 14.6 Å². The van der Waals surface area contributed by atoms with Crippen molar-refractivity contribution in [1.29, 1.82) is 0 Å². The standard InChI is InChI=1S/C34H37FO6/c35-30-19-11-10-18-29(30)23-39-25-32(41-22-28-16-8-3-9-17-28)34(37)33(36)31(40-21-27-14-6-2-7-15-27)24-38-20-26-12-4-1-5-13-26/h1-19,31-34,36-37H,20-25H2/t31-,32-,33-,34-/m1/s1. The number of benzene rings is 4. The Labute approximate surface area is 240 Å². The molecular weight excluding hydrogens is 523 g/mol. The van der Waals surface area contributed by atoms with Gasteiger partial charge in [-0.1, -0.05) is 109 Å². The van der Waals surface area contributed by atoms with Crippen molar-refractivity contribution in [2.75, 3.05) is 13.2 Å². The lowest BCUT2D eigenvalue weighted by Crippen LogP contribution is -2.49. The van der Waals surface area contributed by atoms with Gasteiger partial charge in [0.1, 0.15) is 30.2 Å². The third-order valence-electron chi connectivity index (χ3n) is 6.62. The molecular formula is C34H37FO6. The van der Waals surface area contributed by atoms with E-state index in [-0.39, 0.29) is 38.9 Å². The molecule has 0 saturated carbocycles. The lowest BCUT2D eigenvalue weighted by molar-refractivity contribution is -0.170. The van der Waals surface area contributed by atoms with Crippen LogP contribution in [-0.2, 0) is 45.4 Å². The summed E-state index contributed by atoms with van der Waals surface area (Å²) in [5.41, 5.74) is 3.20. The average Bonchev–Trinajstić information content (AvgIpc) is 3.02. The van der Waals surface area contributed by atoms with Crippen molar-refractivity contribution in [2.45, 2.75) is 50.8 Å². The summed E-state index contributed by atoms with van der Waals surface area (Å²) in [5.74, 6) is -0.375. The van der Waals surface area contributed by atoms with E-state index in [1.54, 1.807) is 18.2 Å². The fourth-order valence-electron chi connectivity index (χ4n) is 4.25. The highest BCUT2D eigenvalue weighted by Crippen LogP contribution is 2.18. The molecule has 4 aromatic rings. The molecule has 216 valence electrons. The molecule has 0 heterocycles. The highest BCUT2D eigenvalue weighted by atomic mass is 19.1. The number of aliphatic hydroxyl groups excluding tert-OH is 2. The second-order valence-corrected chi connectivity index (χ2v) is 9.76. The van der Waals surface area contributed by atoms with Crippen molar-refractivity contribution in [3.8, 4) is 0 Å². The average molecular weight is 561 g/mol. The third-order valence-corrected chi connectivity index (χ3v) is 6.62. The van der Waals surface area contributed by atoms with E-state index in [2.05, 4.69) is 0 Å². The predicted octanol–water partition coefficient (Wildman–Crippen LogP) is 5.45. The van der Waals surface area contributed by atoms with Gasteiger partial charge in [0.05, 0.1) is 39.6 Å². The summed E-state index contributed by atoms with van der Waals surface area (Å²) in [4.78, 5) is 0. The summed E-state index contributed by atoms with van der Waals surface area (Å²) in [7, 11) is 0. The van der Waals surface area contributed by atoms with Crippen LogP contribution in [0.1, 0.15) is 22.3 Å². The zero-order valence-electron chi connectivity index (χ0n) is 22.9. The van der Waals surface area contributed by atoms with Gasteiger partial charge in [-0.25, -0.2) is 4.39 Å². The highest BCUT2D eigenvalue weighted by molar-refractivity contribution is 5.17. The molecule has 0 spiro atoms. The van der Waals surface area contributed by atoms with Crippen LogP contribution in [0.15, 0.2) is 115 Å². The monoisotopic (exact) mass is 560 g/mol. The first kappa shape index (κ1) is 30.5. The van der Waals surface area contributed by atoms with Gasteiger partial charge in [-0.2, -0.15) is 0 Å². The van der Waals surface area contributed by atoms with Gasteiger partial charge in [0.25, 0.3) is 0 Å². The van der Waals surface area contributed by atoms with Crippen LogP contribution in [0.2, 0.25) is 0 Å².